The molecule has 3 aromatic heterocycles. The summed E-state index contributed by atoms with van der Waals surface area (Å²) in [7, 11) is -4.45. The van der Waals surface area contributed by atoms with Gasteiger partial charge in [-0.2, -0.15) is 35.7 Å². The summed E-state index contributed by atoms with van der Waals surface area (Å²) in [6.45, 7) is -0.228. The molecule has 4 N–H and O–H groups in total. The molecule has 1 aliphatic rings. The van der Waals surface area contributed by atoms with Crippen molar-refractivity contribution in [3.63, 3.8) is 0 Å². The van der Waals surface area contributed by atoms with E-state index in [2.05, 4.69) is 30.7 Å². The Balaban J connectivity index is 0.000000591. The minimum absolute atomic E-state index is 0.0870. The van der Waals surface area contributed by atoms with Gasteiger partial charge in [0.05, 0.1) is 22.1 Å². The molecule has 0 atom stereocenters. The summed E-state index contributed by atoms with van der Waals surface area (Å²) in [6.07, 6.45) is -7.83. The molecule has 0 unspecified atom stereocenters. The Kier molecular flexibility index (Phi) is 9.38. The van der Waals surface area contributed by atoms with Crippen LogP contribution in [0, 0.1) is 0 Å². The predicted molar refractivity (Wildman–Crippen MR) is 142 cm³/mol. The van der Waals surface area contributed by atoms with E-state index in [0.717, 1.165) is 22.5 Å². The average molecular weight is 664 g/mol. The molecule has 0 saturated carbocycles. The van der Waals surface area contributed by atoms with Crippen molar-refractivity contribution in [2.24, 2.45) is 0 Å². The zero-order chi connectivity index (χ0) is 33.0. The molecule has 1 aromatic carbocycles. The second-order valence-electron chi connectivity index (χ2n) is 9.69. The largest absolute Gasteiger partial charge is 0.490 e. The number of piperidine rings is 1. The normalized spacial score (nSPS) is 15.6. The Morgan fingerprint density at radius 2 is 1.69 bits per heavy atom. The van der Waals surface area contributed by atoms with Gasteiger partial charge in [-0.25, -0.2) is 28.1 Å². The van der Waals surface area contributed by atoms with Gasteiger partial charge < -0.3 is 14.8 Å². The Hall–Kier alpha value is -4.72. The Labute approximate surface area is 249 Å². The number of aromatic nitrogens is 5. The molecular formula is C25H23F6N7O6S. The van der Waals surface area contributed by atoms with E-state index in [1.54, 1.807) is 30.5 Å². The number of anilines is 2. The summed E-state index contributed by atoms with van der Waals surface area (Å²) < 4.78 is 105. The number of pyridine rings is 1. The first-order chi connectivity index (χ1) is 21.0. The number of nitrogens with zero attached hydrogens (tertiary/aromatic N) is 4. The van der Waals surface area contributed by atoms with Gasteiger partial charge in [-0.05, 0) is 37.1 Å². The van der Waals surface area contributed by atoms with Crippen molar-refractivity contribution in [3.8, 4) is 0 Å². The molecule has 0 aliphatic carbocycles. The van der Waals surface area contributed by atoms with E-state index in [1.165, 1.54) is 6.07 Å². The Morgan fingerprint density at radius 1 is 1.02 bits per heavy atom. The highest BCUT2D eigenvalue weighted by atomic mass is 32.2. The smallest absolute Gasteiger partial charge is 0.475 e. The molecule has 1 saturated heterocycles. The zero-order valence-corrected chi connectivity index (χ0v) is 23.5. The van der Waals surface area contributed by atoms with Gasteiger partial charge in [-0.3, -0.25) is 5.10 Å². The number of sulfonamides is 1. The number of H-pyrrole nitrogens is 2. The number of carbonyl (C=O) groups is 1. The number of hydrogen-bond acceptors (Lipinski definition) is 9. The topological polar surface area (TPSA) is 187 Å². The van der Waals surface area contributed by atoms with Crippen LogP contribution in [0.3, 0.4) is 0 Å². The van der Waals surface area contributed by atoms with Crippen molar-refractivity contribution in [3.05, 3.63) is 82.4 Å². The highest BCUT2D eigenvalue weighted by Gasteiger charge is 2.45. The quantitative estimate of drug-likeness (QED) is 0.212. The molecule has 5 rings (SSSR count). The van der Waals surface area contributed by atoms with Crippen molar-refractivity contribution in [1.29, 1.82) is 0 Å². The van der Waals surface area contributed by atoms with Crippen LogP contribution in [0.4, 0.5) is 38.0 Å². The SMILES string of the molecule is O=C(O)C(F)(F)F.O=c1[nH]nc(C2(Cc3cccc(Nc4ccn[nH]4)n3)CCN(S(=O)(=O)c3ccccc3C(F)(F)F)CC2)o1. The number of aliphatic carboxylic acids is 1. The van der Waals surface area contributed by atoms with Crippen LogP contribution in [0.15, 0.2) is 68.8 Å². The number of halogens is 6. The summed E-state index contributed by atoms with van der Waals surface area (Å²) in [5.41, 5.74) is -1.53. The van der Waals surface area contributed by atoms with Crippen LogP contribution >= 0.6 is 0 Å². The molecule has 1 fully saturated rings. The van der Waals surface area contributed by atoms with Crippen LogP contribution in [0.1, 0.15) is 30.0 Å². The van der Waals surface area contributed by atoms with Gasteiger partial charge in [0.15, 0.2) is 0 Å². The number of rotatable bonds is 7. The molecule has 0 spiro atoms. The standard InChI is InChI=1S/C23H22F3N7O4S.C2HF3O2/c24-23(25,26)16-5-1-2-6-17(16)38(35,36)33-12-9-22(10-13-33,20-31-32-21(34)37-20)14-15-4-3-7-18(28-15)29-19-8-11-27-30-19;3-2(4,5)1(6)7/h1-8,11H,9-10,12-14H2,(H,32,34)(H2,27,28,29,30);(H,6,7). The average Bonchev–Trinajstić information content (AvgIpc) is 3.65. The molecule has 13 nitrogen and oxygen atoms in total. The second kappa shape index (κ2) is 12.7. The monoisotopic (exact) mass is 663 g/mol. The summed E-state index contributed by atoms with van der Waals surface area (Å²) in [4.78, 5) is 24.5. The van der Waals surface area contributed by atoms with E-state index in [4.69, 9.17) is 14.3 Å². The lowest BCUT2D eigenvalue weighted by Gasteiger charge is -2.39. The van der Waals surface area contributed by atoms with Crippen molar-refractivity contribution in [1.82, 2.24) is 29.7 Å². The van der Waals surface area contributed by atoms with Gasteiger partial charge in [0.2, 0.25) is 15.9 Å². The lowest BCUT2D eigenvalue weighted by molar-refractivity contribution is -0.192. The number of nitrogens with one attached hydrogen (secondary N) is 3. The molecule has 242 valence electrons. The molecule has 1 aliphatic heterocycles. The maximum absolute atomic E-state index is 13.5. The number of aromatic amines is 2. The fourth-order valence-electron chi connectivity index (χ4n) is 4.60. The van der Waals surface area contributed by atoms with Crippen LogP contribution in [0.25, 0.3) is 0 Å². The highest BCUT2D eigenvalue weighted by Crippen LogP contribution is 2.40. The van der Waals surface area contributed by atoms with Crippen molar-refractivity contribution in [2.75, 3.05) is 18.4 Å². The number of benzene rings is 1. The number of carboxylic acids is 1. The van der Waals surface area contributed by atoms with Crippen molar-refractivity contribution in [2.45, 2.75) is 41.9 Å². The Bertz CT molecular complexity index is 1780. The van der Waals surface area contributed by atoms with Gasteiger partial charge in [0, 0.05) is 31.3 Å². The molecular weight excluding hydrogens is 640 g/mol. The first kappa shape index (κ1) is 33.2. The lowest BCUT2D eigenvalue weighted by atomic mass is 9.75. The summed E-state index contributed by atoms with van der Waals surface area (Å²) >= 11 is 0. The van der Waals surface area contributed by atoms with Crippen LogP contribution < -0.4 is 11.1 Å². The van der Waals surface area contributed by atoms with Crippen LogP contribution in [0.2, 0.25) is 0 Å². The molecule has 20 heteroatoms. The third-order valence-electron chi connectivity index (χ3n) is 6.71. The molecule has 0 amide bonds. The molecule has 0 radical (unpaired) electrons. The maximum Gasteiger partial charge on any atom is 0.490 e. The van der Waals surface area contributed by atoms with E-state index >= 15 is 0 Å². The van der Waals surface area contributed by atoms with Crippen LogP contribution in [0.5, 0.6) is 0 Å². The van der Waals surface area contributed by atoms with Gasteiger partial charge in [-0.1, -0.05) is 18.2 Å². The van der Waals surface area contributed by atoms with Gasteiger partial charge in [0.1, 0.15) is 11.6 Å². The fraction of sp³-hybridized carbons (Fsp3) is 0.320. The summed E-state index contributed by atoms with van der Waals surface area (Å²) in [6, 6.07) is 11.1. The first-order valence-electron chi connectivity index (χ1n) is 12.8. The minimum Gasteiger partial charge on any atom is -0.475 e. The van der Waals surface area contributed by atoms with Gasteiger partial charge >= 0.3 is 24.1 Å². The van der Waals surface area contributed by atoms with Crippen molar-refractivity contribution >= 4 is 27.6 Å². The first-order valence-corrected chi connectivity index (χ1v) is 14.2. The van der Waals surface area contributed by atoms with E-state index < -0.39 is 50.0 Å². The van der Waals surface area contributed by atoms with Gasteiger partial charge in [-0.15, -0.1) is 5.10 Å². The van der Waals surface area contributed by atoms with Crippen LogP contribution in [-0.4, -0.2) is 68.4 Å². The second-order valence-corrected chi connectivity index (χ2v) is 11.6. The minimum atomic E-state index is -5.08. The fourth-order valence-corrected chi connectivity index (χ4v) is 6.25. The number of carboxylic acid groups (broad SMARTS) is 1. The zero-order valence-electron chi connectivity index (χ0n) is 22.7. The van der Waals surface area contributed by atoms with Crippen LogP contribution in [-0.2, 0) is 32.8 Å². The summed E-state index contributed by atoms with van der Waals surface area (Å²) in [5, 5.41) is 23.1. The Morgan fingerprint density at radius 3 is 2.24 bits per heavy atom. The predicted octanol–water partition coefficient (Wildman–Crippen LogP) is 3.84. The van der Waals surface area contributed by atoms with E-state index in [9.17, 15) is 39.6 Å². The summed E-state index contributed by atoms with van der Waals surface area (Å²) in [5.74, 6) is -2.29. The number of hydrogen-bond donors (Lipinski definition) is 4. The molecule has 45 heavy (non-hydrogen) atoms. The molecule has 0 bridgehead atoms. The van der Waals surface area contributed by atoms with Crippen molar-refractivity contribution < 1.29 is 49.1 Å². The third kappa shape index (κ3) is 7.87. The van der Waals surface area contributed by atoms with E-state index in [-0.39, 0.29) is 38.2 Å². The highest BCUT2D eigenvalue weighted by molar-refractivity contribution is 7.89. The maximum atomic E-state index is 13.5. The number of alkyl halides is 6. The van der Waals surface area contributed by atoms with Gasteiger partial charge in [0.25, 0.3) is 0 Å². The molecule has 4 aromatic rings. The van der Waals surface area contributed by atoms with E-state index in [0.29, 0.717) is 17.3 Å². The molecule has 4 heterocycles. The van der Waals surface area contributed by atoms with E-state index in [1.807, 2.05) is 0 Å². The third-order valence-corrected chi connectivity index (χ3v) is 8.67. The lowest BCUT2D eigenvalue weighted by Crippen LogP contribution is -2.46.